The molecule has 2 rings (SSSR count). The van der Waals surface area contributed by atoms with Crippen LogP contribution in [0.2, 0.25) is 0 Å². The van der Waals surface area contributed by atoms with E-state index < -0.39 is 11.9 Å². The Morgan fingerprint density at radius 3 is 2.32 bits per heavy atom. The fourth-order valence-electron chi connectivity index (χ4n) is 2.75. The summed E-state index contributed by atoms with van der Waals surface area (Å²) in [6, 6.07) is 10.4. The van der Waals surface area contributed by atoms with E-state index in [1.54, 1.807) is 18.2 Å². The minimum Gasteiger partial charge on any atom is -0.504 e. The van der Waals surface area contributed by atoms with Gasteiger partial charge in [-0.05, 0) is 62.1 Å². The highest BCUT2D eigenvalue weighted by Gasteiger charge is 2.22. The lowest BCUT2D eigenvalue weighted by molar-refractivity contribution is -0.138. The summed E-state index contributed by atoms with van der Waals surface area (Å²) in [4.78, 5) is 11.8. The first-order chi connectivity index (χ1) is 12.0. The van der Waals surface area contributed by atoms with Crippen LogP contribution in [0.3, 0.4) is 0 Å². The summed E-state index contributed by atoms with van der Waals surface area (Å²) in [5, 5.41) is 19.5. The van der Waals surface area contributed by atoms with Crippen molar-refractivity contribution in [2.24, 2.45) is 0 Å². The van der Waals surface area contributed by atoms with Crippen LogP contribution in [-0.4, -0.2) is 29.4 Å². The van der Waals surface area contributed by atoms with Crippen LogP contribution in [0.15, 0.2) is 36.4 Å². The van der Waals surface area contributed by atoms with Crippen LogP contribution in [0.25, 0.3) is 0 Å². The van der Waals surface area contributed by atoms with Crippen molar-refractivity contribution in [3.8, 4) is 17.2 Å². The minimum atomic E-state index is -0.894. The number of aryl methyl sites for hydroxylation is 1. The first-order valence-electron chi connectivity index (χ1n) is 8.37. The highest BCUT2D eigenvalue weighted by atomic mass is 16.5. The van der Waals surface area contributed by atoms with E-state index in [0.717, 1.165) is 22.4 Å². The summed E-state index contributed by atoms with van der Waals surface area (Å²) in [6.45, 7) is 6.64. The second-order valence-corrected chi connectivity index (χ2v) is 5.79. The van der Waals surface area contributed by atoms with Gasteiger partial charge in [0.2, 0.25) is 0 Å². The van der Waals surface area contributed by atoms with E-state index in [1.165, 1.54) is 6.07 Å². The maximum absolute atomic E-state index is 11.8. The molecule has 5 heteroatoms. The maximum Gasteiger partial charge on any atom is 0.311 e. The highest BCUT2D eigenvalue weighted by Crippen LogP contribution is 2.31. The molecule has 0 aliphatic rings. The van der Waals surface area contributed by atoms with E-state index in [0.29, 0.717) is 25.4 Å². The van der Waals surface area contributed by atoms with E-state index in [9.17, 15) is 15.0 Å². The molecule has 0 aliphatic heterocycles. The van der Waals surface area contributed by atoms with Gasteiger partial charge >= 0.3 is 5.97 Å². The molecule has 2 N–H and O–H groups in total. The Bertz CT molecular complexity index is 739. The first kappa shape index (κ1) is 18.6. The normalized spacial score (nSPS) is 11.8. The van der Waals surface area contributed by atoms with Crippen LogP contribution < -0.4 is 9.47 Å². The standard InChI is InChI=1S/C20H24O5/c1-4-24-18-9-7-15(10-13(18)3)16(20(22)23)11-14-6-8-17(21)19(12-14)25-5-2/h6-10,12,16,21H,4-5,11H2,1-3H3,(H,22,23). The molecule has 2 aromatic carbocycles. The quantitative estimate of drug-likeness (QED) is 0.759. The van der Waals surface area contributed by atoms with Crippen molar-refractivity contribution in [2.75, 3.05) is 13.2 Å². The summed E-state index contributed by atoms with van der Waals surface area (Å²) in [5.41, 5.74) is 2.42. The summed E-state index contributed by atoms with van der Waals surface area (Å²) < 4.78 is 10.9. The van der Waals surface area contributed by atoms with Gasteiger partial charge in [-0.15, -0.1) is 0 Å². The fraction of sp³-hybridized carbons (Fsp3) is 0.350. The number of phenolic OH excluding ortho intramolecular Hbond substituents is 1. The van der Waals surface area contributed by atoms with Crippen molar-refractivity contribution < 1.29 is 24.5 Å². The van der Waals surface area contributed by atoms with Crippen molar-refractivity contribution >= 4 is 5.97 Å². The molecule has 25 heavy (non-hydrogen) atoms. The zero-order valence-corrected chi connectivity index (χ0v) is 14.8. The van der Waals surface area contributed by atoms with E-state index in [-0.39, 0.29) is 5.75 Å². The zero-order valence-electron chi connectivity index (χ0n) is 14.8. The molecule has 0 fully saturated rings. The van der Waals surface area contributed by atoms with Gasteiger partial charge in [0.1, 0.15) is 5.75 Å². The topological polar surface area (TPSA) is 76.0 Å². The number of hydrogen-bond donors (Lipinski definition) is 2. The number of aromatic hydroxyl groups is 1. The van der Waals surface area contributed by atoms with Crippen LogP contribution in [0.1, 0.15) is 36.5 Å². The predicted molar refractivity (Wildman–Crippen MR) is 95.7 cm³/mol. The molecular weight excluding hydrogens is 320 g/mol. The van der Waals surface area contributed by atoms with Gasteiger partial charge < -0.3 is 19.7 Å². The second-order valence-electron chi connectivity index (χ2n) is 5.79. The summed E-state index contributed by atoms with van der Waals surface area (Å²) in [6.07, 6.45) is 0.309. The number of aliphatic carboxylic acids is 1. The van der Waals surface area contributed by atoms with Crippen molar-refractivity contribution in [3.05, 3.63) is 53.1 Å². The Labute approximate surface area is 147 Å². The fourth-order valence-corrected chi connectivity index (χ4v) is 2.75. The number of benzene rings is 2. The molecule has 2 aromatic rings. The van der Waals surface area contributed by atoms with Crippen molar-refractivity contribution in [3.63, 3.8) is 0 Å². The predicted octanol–water partition coefficient (Wildman–Crippen LogP) is 3.91. The molecule has 0 saturated carbocycles. The average Bonchev–Trinajstić information content (AvgIpc) is 2.57. The highest BCUT2D eigenvalue weighted by molar-refractivity contribution is 5.76. The van der Waals surface area contributed by atoms with Crippen molar-refractivity contribution in [1.82, 2.24) is 0 Å². The molecule has 0 saturated heterocycles. The first-order valence-corrected chi connectivity index (χ1v) is 8.37. The molecule has 0 heterocycles. The Kier molecular flexibility index (Phi) is 6.28. The monoisotopic (exact) mass is 344 g/mol. The summed E-state index contributed by atoms with van der Waals surface area (Å²) >= 11 is 0. The number of phenols is 1. The van der Waals surface area contributed by atoms with Gasteiger partial charge in [-0.25, -0.2) is 0 Å². The largest absolute Gasteiger partial charge is 0.504 e. The van der Waals surface area contributed by atoms with E-state index in [4.69, 9.17) is 9.47 Å². The molecule has 1 unspecified atom stereocenters. The number of carboxylic acids is 1. The summed E-state index contributed by atoms with van der Waals surface area (Å²) in [7, 11) is 0. The molecule has 0 aliphatic carbocycles. The van der Waals surface area contributed by atoms with Crippen molar-refractivity contribution in [2.45, 2.75) is 33.1 Å². The Hall–Kier alpha value is -2.69. The number of rotatable bonds is 8. The third-order valence-electron chi connectivity index (χ3n) is 3.96. The molecular formula is C20H24O5. The molecule has 0 spiro atoms. The van der Waals surface area contributed by atoms with Crippen LogP contribution in [0, 0.1) is 6.92 Å². The van der Waals surface area contributed by atoms with Gasteiger partial charge in [0.25, 0.3) is 0 Å². The molecule has 0 bridgehead atoms. The third kappa shape index (κ3) is 4.66. The summed E-state index contributed by atoms with van der Waals surface area (Å²) in [5.74, 6) is -0.400. The lowest BCUT2D eigenvalue weighted by Crippen LogP contribution is -2.15. The van der Waals surface area contributed by atoms with Gasteiger partial charge in [-0.3, -0.25) is 4.79 Å². The van der Waals surface area contributed by atoms with Crippen LogP contribution in [-0.2, 0) is 11.2 Å². The van der Waals surface area contributed by atoms with E-state index >= 15 is 0 Å². The number of ether oxygens (including phenoxy) is 2. The third-order valence-corrected chi connectivity index (χ3v) is 3.96. The van der Waals surface area contributed by atoms with Crippen LogP contribution >= 0.6 is 0 Å². The number of hydrogen-bond acceptors (Lipinski definition) is 4. The lowest BCUT2D eigenvalue weighted by Gasteiger charge is -2.16. The Morgan fingerprint density at radius 1 is 1.04 bits per heavy atom. The molecule has 5 nitrogen and oxygen atoms in total. The average molecular weight is 344 g/mol. The molecule has 134 valence electrons. The zero-order chi connectivity index (χ0) is 18.4. The number of carboxylic acid groups (broad SMARTS) is 1. The van der Waals surface area contributed by atoms with Crippen LogP contribution in [0.4, 0.5) is 0 Å². The smallest absolute Gasteiger partial charge is 0.311 e. The van der Waals surface area contributed by atoms with Gasteiger partial charge in [0, 0.05) is 0 Å². The number of carbonyl (C=O) groups is 1. The molecule has 0 amide bonds. The SMILES string of the molecule is CCOc1ccc(C(Cc2ccc(O)c(OCC)c2)C(=O)O)cc1C. The van der Waals surface area contributed by atoms with Gasteiger partial charge in [0.05, 0.1) is 19.1 Å². The molecule has 0 aromatic heterocycles. The van der Waals surface area contributed by atoms with Gasteiger partial charge in [0.15, 0.2) is 11.5 Å². The molecule has 0 radical (unpaired) electrons. The van der Waals surface area contributed by atoms with Gasteiger partial charge in [-0.1, -0.05) is 18.2 Å². The van der Waals surface area contributed by atoms with E-state index in [1.807, 2.05) is 32.9 Å². The minimum absolute atomic E-state index is 0.0504. The maximum atomic E-state index is 11.8. The lowest BCUT2D eigenvalue weighted by atomic mass is 9.91. The second kappa shape index (κ2) is 8.42. The molecule has 1 atom stereocenters. The van der Waals surface area contributed by atoms with Crippen LogP contribution in [0.5, 0.6) is 17.2 Å². The van der Waals surface area contributed by atoms with E-state index in [2.05, 4.69) is 0 Å². The Balaban J connectivity index is 2.29. The Morgan fingerprint density at radius 2 is 1.72 bits per heavy atom. The van der Waals surface area contributed by atoms with Gasteiger partial charge in [-0.2, -0.15) is 0 Å². The van der Waals surface area contributed by atoms with Crippen molar-refractivity contribution in [1.29, 1.82) is 0 Å².